The molecule has 0 aliphatic heterocycles. The van der Waals surface area contributed by atoms with E-state index in [2.05, 4.69) is 0 Å². The lowest BCUT2D eigenvalue weighted by molar-refractivity contribution is 0.527. The van der Waals surface area contributed by atoms with Crippen molar-refractivity contribution < 1.29 is 4.42 Å². The first-order chi connectivity index (χ1) is 6.59. The van der Waals surface area contributed by atoms with Gasteiger partial charge in [0.15, 0.2) is 5.58 Å². The highest BCUT2D eigenvalue weighted by molar-refractivity contribution is 5.73. The van der Waals surface area contributed by atoms with E-state index in [4.69, 9.17) is 10.2 Å². The number of benzene rings is 1. The van der Waals surface area contributed by atoms with Crippen molar-refractivity contribution in [2.45, 2.75) is 13.0 Å². The molecule has 0 unspecified atom stereocenters. The molecule has 2 N–H and O–H groups in total. The van der Waals surface area contributed by atoms with Gasteiger partial charge in [-0.1, -0.05) is 6.07 Å². The molecule has 0 aliphatic rings. The first-order valence-electron chi connectivity index (χ1n) is 4.44. The zero-order valence-electron chi connectivity index (χ0n) is 8.15. The number of nitrogens with two attached hydrogens (primary N) is 1. The molecule has 0 bridgehead atoms. The summed E-state index contributed by atoms with van der Waals surface area (Å²) in [5, 5.41) is 0. The van der Waals surface area contributed by atoms with Gasteiger partial charge >= 0.3 is 5.76 Å². The predicted octanol–water partition coefficient (Wildman–Crippen LogP) is 1.15. The van der Waals surface area contributed by atoms with E-state index in [1.165, 1.54) is 4.57 Å². The lowest BCUT2D eigenvalue weighted by atomic mass is 10.1. The summed E-state index contributed by atoms with van der Waals surface area (Å²) in [4.78, 5) is 11.2. The molecular formula is C10H12N2O2. The second-order valence-electron chi connectivity index (χ2n) is 3.44. The van der Waals surface area contributed by atoms with Gasteiger partial charge in [-0.3, -0.25) is 4.57 Å². The van der Waals surface area contributed by atoms with Gasteiger partial charge in [0.05, 0.1) is 5.52 Å². The lowest BCUT2D eigenvalue weighted by Crippen LogP contribution is -2.08. The van der Waals surface area contributed by atoms with Crippen LogP contribution in [0, 0.1) is 0 Å². The third-order valence-corrected chi connectivity index (χ3v) is 2.34. The van der Waals surface area contributed by atoms with Gasteiger partial charge in [-0.25, -0.2) is 4.79 Å². The van der Waals surface area contributed by atoms with Gasteiger partial charge in [0.1, 0.15) is 0 Å². The average molecular weight is 192 g/mol. The average Bonchev–Trinajstić information content (AvgIpc) is 2.42. The number of oxazole rings is 1. The topological polar surface area (TPSA) is 61.2 Å². The van der Waals surface area contributed by atoms with Crippen LogP contribution < -0.4 is 11.5 Å². The fourth-order valence-corrected chi connectivity index (χ4v) is 1.43. The molecule has 74 valence electrons. The number of aryl methyl sites for hydroxylation is 1. The maximum absolute atomic E-state index is 11.2. The van der Waals surface area contributed by atoms with Crippen LogP contribution in [0.5, 0.6) is 0 Å². The molecule has 0 amide bonds. The van der Waals surface area contributed by atoms with Crippen LogP contribution in [-0.4, -0.2) is 4.57 Å². The highest BCUT2D eigenvalue weighted by atomic mass is 16.4. The number of hydrogen-bond donors (Lipinski definition) is 1. The van der Waals surface area contributed by atoms with Crippen LogP contribution in [-0.2, 0) is 7.05 Å². The van der Waals surface area contributed by atoms with Crippen molar-refractivity contribution >= 4 is 11.1 Å². The van der Waals surface area contributed by atoms with Gasteiger partial charge in [-0.05, 0) is 24.6 Å². The van der Waals surface area contributed by atoms with Crippen molar-refractivity contribution in [3.05, 3.63) is 34.3 Å². The van der Waals surface area contributed by atoms with Crippen LogP contribution in [0.25, 0.3) is 11.1 Å². The van der Waals surface area contributed by atoms with Crippen LogP contribution in [0.15, 0.2) is 27.4 Å². The van der Waals surface area contributed by atoms with Crippen molar-refractivity contribution in [2.75, 3.05) is 0 Å². The van der Waals surface area contributed by atoms with Crippen LogP contribution in [0.4, 0.5) is 0 Å². The fourth-order valence-electron chi connectivity index (χ4n) is 1.43. The van der Waals surface area contributed by atoms with Gasteiger partial charge in [0.25, 0.3) is 0 Å². The highest BCUT2D eigenvalue weighted by Crippen LogP contribution is 2.17. The zero-order chi connectivity index (χ0) is 10.3. The molecule has 4 nitrogen and oxygen atoms in total. The molecule has 0 fully saturated rings. The molecule has 2 aromatic rings. The molecule has 4 heteroatoms. The summed E-state index contributed by atoms with van der Waals surface area (Å²) in [5.74, 6) is -0.346. The monoisotopic (exact) mass is 192 g/mol. The summed E-state index contributed by atoms with van der Waals surface area (Å²) in [6, 6.07) is 5.51. The first kappa shape index (κ1) is 9.02. The summed E-state index contributed by atoms with van der Waals surface area (Å²) < 4.78 is 6.51. The molecule has 0 aliphatic carbocycles. The van der Waals surface area contributed by atoms with E-state index in [-0.39, 0.29) is 11.8 Å². The second-order valence-corrected chi connectivity index (χ2v) is 3.44. The molecule has 1 aromatic heterocycles. The molecule has 0 saturated carbocycles. The molecular weight excluding hydrogens is 180 g/mol. The summed E-state index contributed by atoms with van der Waals surface area (Å²) in [6.07, 6.45) is 0. The zero-order valence-corrected chi connectivity index (χ0v) is 8.15. The van der Waals surface area contributed by atoms with Crippen molar-refractivity contribution in [1.82, 2.24) is 4.57 Å². The first-order valence-corrected chi connectivity index (χ1v) is 4.44. The van der Waals surface area contributed by atoms with Gasteiger partial charge in [-0.2, -0.15) is 0 Å². The van der Waals surface area contributed by atoms with Gasteiger partial charge in [0, 0.05) is 13.1 Å². The number of aromatic nitrogens is 1. The summed E-state index contributed by atoms with van der Waals surface area (Å²) in [7, 11) is 1.68. The third kappa shape index (κ3) is 1.24. The summed E-state index contributed by atoms with van der Waals surface area (Å²) in [6.45, 7) is 1.89. The van der Waals surface area contributed by atoms with E-state index in [9.17, 15) is 4.79 Å². The quantitative estimate of drug-likeness (QED) is 0.737. The van der Waals surface area contributed by atoms with Crippen LogP contribution in [0.3, 0.4) is 0 Å². The normalized spacial score (nSPS) is 13.4. The molecule has 1 atom stereocenters. The SMILES string of the molecule is C[C@@H](N)c1ccc2c(c1)oc(=O)n2C. The Labute approximate surface area is 80.9 Å². The molecule has 14 heavy (non-hydrogen) atoms. The Morgan fingerprint density at radius 3 is 2.86 bits per heavy atom. The third-order valence-electron chi connectivity index (χ3n) is 2.34. The molecule has 2 rings (SSSR count). The van der Waals surface area contributed by atoms with Crippen molar-refractivity contribution in [3.63, 3.8) is 0 Å². The smallest absolute Gasteiger partial charge is 0.408 e. The Bertz CT molecular complexity index is 522. The van der Waals surface area contributed by atoms with Gasteiger partial charge < -0.3 is 10.2 Å². The number of hydrogen-bond acceptors (Lipinski definition) is 3. The van der Waals surface area contributed by atoms with Crippen molar-refractivity contribution in [2.24, 2.45) is 12.8 Å². The van der Waals surface area contributed by atoms with E-state index in [0.29, 0.717) is 5.58 Å². The van der Waals surface area contributed by atoms with E-state index >= 15 is 0 Å². The van der Waals surface area contributed by atoms with E-state index in [1.54, 1.807) is 13.1 Å². The maximum Gasteiger partial charge on any atom is 0.419 e. The van der Waals surface area contributed by atoms with E-state index in [0.717, 1.165) is 11.1 Å². The van der Waals surface area contributed by atoms with Crippen LogP contribution in [0.2, 0.25) is 0 Å². The highest BCUT2D eigenvalue weighted by Gasteiger charge is 2.07. The number of fused-ring (bicyclic) bond motifs is 1. The minimum absolute atomic E-state index is 0.0510. The Hall–Kier alpha value is -1.55. The van der Waals surface area contributed by atoms with E-state index < -0.39 is 0 Å². The molecule has 0 spiro atoms. The predicted molar refractivity (Wildman–Crippen MR) is 54.1 cm³/mol. The standard InChI is InChI=1S/C10H12N2O2/c1-6(11)7-3-4-8-9(5-7)14-10(13)12(8)2/h3-6H,11H2,1-2H3/t6-/m1/s1. The number of rotatable bonds is 1. The lowest BCUT2D eigenvalue weighted by Gasteiger charge is -2.03. The Morgan fingerprint density at radius 1 is 1.50 bits per heavy atom. The largest absolute Gasteiger partial charge is 0.419 e. The van der Waals surface area contributed by atoms with Crippen LogP contribution in [0.1, 0.15) is 18.5 Å². The Kier molecular flexibility index (Phi) is 1.93. The Balaban J connectivity index is 2.73. The second kappa shape index (κ2) is 2.99. The maximum atomic E-state index is 11.2. The van der Waals surface area contributed by atoms with Crippen LogP contribution >= 0.6 is 0 Å². The molecule has 1 heterocycles. The van der Waals surface area contributed by atoms with Crippen molar-refractivity contribution in [3.8, 4) is 0 Å². The summed E-state index contributed by atoms with van der Waals surface area (Å²) in [5.41, 5.74) is 8.07. The Morgan fingerprint density at radius 2 is 2.21 bits per heavy atom. The van der Waals surface area contributed by atoms with Gasteiger partial charge in [0.2, 0.25) is 0 Å². The minimum atomic E-state index is -0.346. The van der Waals surface area contributed by atoms with Crippen molar-refractivity contribution in [1.29, 1.82) is 0 Å². The molecule has 0 radical (unpaired) electrons. The molecule has 0 saturated heterocycles. The van der Waals surface area contributed by atoms with E-state index in [1.807, 2.05) is 19.1 Å². The molecule has 1 aromatic carbocycles. The van der Waals surface area contributed by atoms with Gasteiger partial charge in [-0.15, -0.1) is 0 Å². The minimum Gasteiger partial charge on any atom is -0.408 e. The fraction of sp³-hybridized carbons (Fsp3) is 0.300. The summed E-state index contributed by atoms with van der Waals surface area (Å²) >= 11 is 0. The number of nitrogens with zero attached hydrogens (tertiary/aromatic N) is 1.